The second kappa shape index (κ2) is 7.61. The third-order valence-corrected chi connectivity index (χ3v) is 5.00. The number of nitrogens with two attached hydrogens (primary N) is 1. The molecule has 26 heavy (non-hydrogen) atoms. The van der Waals surface area contributed by atoms with E-state index in [2.05, 4.69) is 9.97 Å². The lowest BCUT2D eigenvalue weighted by Crippen LogP contribution is -2.29. The van der Waals surface area contributed by atoms with Crippen molar-refractivity contribution in [3.63, 3.8) is 0 Å². The number of hydrogen-bond donors (Lipinski definition) is 2. The molecule has 0 spiro atoms. The SMILES string of the molecule is Cn1c(=O)[nH]c(=O)c2c1nc(SCC(N)=O)n2CCCc1ccccc1. The number of carbonyl (C=O) groups is 1. The van der Waals surface area contributed by atoms with E-state index in [1.807, 2.05) is 30.3 Å². The average Bonchev–Trinajstić information content (AvgIpc) is 2.98. The summed E-state index contributed by atoms with van der Waals surface area (Å²) in [5.74, 6) is -0.422. The van der Waals surface area contributed by atoms with Gasteiger partial charge in [0.1, 0.15) is 0 Å². The topological polar surface area (TPSA) is 116 Å². The third-order valence-electron chi connectivity index (χ3n) is 4.01. The zero-order valence-corrected chi connectivity index (χ0v) is 15.1. The van der Waals surface area contributed by atoms with Crippen LogP contribution in [0.2, 0.25) is 0 Å². The maximum atomic E-state index is 12.3. The first-order valence-electron chi connectivity index (χ1n) is 8.12. The zero-order chi connectivity index (χ0) is 18.7. The van der Waals surface area contributed by atoms with Crippen molar-refractivity contribution in [3.05, 3.63) is 56.7 Å². The summed E-state index contributed by atoms with van der Waals surface area (Å²) in [6, 6.07) is 10.0. The molecule has 0 aliphatic carbocycles. The van der Waals surface area contributed by atoms with Gasteiger partial charge >= 0.3 is 5.69 Å². The number of nitrogens with one attached hydrogen (secondary N) is 1. The number of aromatic nitrogens is 4. The second-order valence-corrected chi connectivity index (χ2v) is 6.82. The Kier molecular flexibility index (Phi) is 5.27. The molecule has 0 unspecified atom stereocenters. The van der Waals surface area contributed by atoms with Crippen LogP contribution < -0.4 is 17.0 Å². The second-order valence-electron chi connectivity index (χ2n) is 5.88. The Labute approximate surface area is 153 Å². The van der Waals surface area contributed by atoms with Gasteiger partial charge in [-0.2, -0.15) is 0 Å². The van der Waals surface area contributed by atoms with Crippen LogP contribution in [-0.2, 0) is 24.8 Å². The van der Waals surface area contributed by atoms with Gasteiger partial charge in [-0.05, 0) is 18.4 Å². The number of carbonyl (C=O) groups excluding carboxylic acids is 1. The Morgan fingerprint density at radius 2 is 2.00 bits per heavy atom. The molecule has 3 rings (SSSR count). The minimum absolute atomic E-state index is 0.0495. The van der Waals surface area contributed by atoms with E-state index < -0.39 is 17.2 Å². The number of hydrogen-bond acceptors (Lipinski definition) is 5. The Morgan fingerprint density at radius 1 is 1.27 bits per heavy atom. The van der Waals surface area contributed by atoms with Crippen molar-refractivity contribution in [2.75, 3.05) is 5.75 Å². The normalized spacial score (nSPS) is 11.1. The molecule has 0 aliphatic heterocycles. The molecule has 0 fully saturated rings. The largest absolute Gasteiger partial charge is 0.369 e. The highest BCUT2D eigenvalue weighted by atomic mass is 32.2. The first-order valence-corrected chi connectivity index (χ1v) is 9.10. The molecular formula is C17H19N5O3S. The van der Waals surface area contributed by atoms with Crippen molar-refractivity contribution in [1.29, 1.82) is 0 Å². The Bertz CT molecular complexity index is 1050. The molecule has 3 aromatic rings. The molecular weight excluding hydrogens is 354 g/mol. The van der Waals surface area contributed by atoms with E-state index >= 15 is 0 Å². The summed E-state index contributed by atoms with van der Waals surface area (Å²) in [4.78, 5) is 42.0. The van der Waals surface area contributed by atoms with Gasteiger partial charge in [-0.1, -0.05) is 42.1 Å². The summed E-state index contributed by atoms with van der Waals surface area (Å²) in [5, 5.41) is 0.499. The Morgan fingerprint density at radius 3 is 2.69 bits per heavy atom. The highest BCUT2D eigenvalue weighted by Gasteiger charge is 2.18. The number of aryl methyl sites for hydroxylation is 3. The molecule has 136 valence electrons. The van der Waals surface area contributed by atoms with Crippen LogP contribution in [0.1, 0.15) is 12.0 Å². The van der Waals surface area contributed by atoms with Gasteiger partial charge in [-0.25, -0.2) is 9.78 Å². The van der Waals surface area contributed by atoms with E-state index in [1.54, 1.807) is 11.6 Å². The van der Waals surface area contributed by atoms with Crippen molar-refractivity contribution >= 4 is 28.8 Å². The molecule has 0 saturated heterocycles. The Balaban J connectivity index is 1.96. The fourth-order valence-corrected chi connectivity index (χ4v) is 3.51. The van der Waals surface area contributed by atoms with Gasteiger partial charge < -0.3 is 10.3 Å². The molecule has 3 N–H and O–H groups in total. The van der Waals surface area contributed by atoms with Crippen LogP contribution >= 0.6 is 11.8 Å². The van der Waals surface area contributed by atoms with E-state index in [4.69, 9.17) is 5.73 Å². The van der Waals surface area contributed by atoms with Crippen LogP contribution in [0.25, 0.3) is 11.2 Å². The van der Waals surface area contributed by atoms with E-state index in [1.165, 1.54) is 10.1 Å². The molecule has 0 aliphatic rings. The van der Waals surface area contributed by atoms with Crippen molar-refractivity contribution in [2.24, 2.45) is 12.8 Å². The van der Waals surface area contributed by atoms with Gasteiger partial charge in [0.2, 0.25) is 5.91 Å². The quantitative estimate of drug-likeness (QED) is 0.590. The summed E-state index contributed by atoms with van der Waals surface area (Å²) >= 11 is 1.16. The van der Waals surface area contributed by atoms with Gasteiger partial charge in [-0.3, -0.25) is 19.1 Å². The van der Waals surface area contributed by atoms with Gasteiger partial charge in [0.05, 0.1) is 5.75 Å². The van der Waals surface area contributed by atoms with Crippen molar-refractivity contribution in [2.45, 2.75) is 24.5 Å². The fourth-order valence-electron chi connectivity index (χ4n) is 2.75. The maximum absolute atomic E-state index is 12.3. The van der Waals surface area contributed by atoms with E-state index in [9.17, 15) is 14.4 Å². The summed E-state index contributed by atoms with van der Waals surface area (Å²) in [7, 11) is 1.55. The van der Waals surface area contributed by atoms with E-state index in [0.29, 0.717) is 22.9 Å². The summed E-state index contributed by atoms with van der Waals surface area (Å²) in [5.41, 5.74) is 6.04. The van der Waals surface area contributed by atoms with E-state index in [0.717, 1.165) is 24.6 Å². The monoisotopic (exact) mass is 373 g/mol. The predicted molar refractivity (Wildman–Crippen MR) is 100 cm³/mol. The smallest absolute Gasteiger partial charge is 0.329 e. The van der Waals surface area contributed by atoms with E-state index in [-0.39, 0.29) is 5.75 Å². The Hall–Kier alpha value is -2.81. The zero-order valence-electron chi connectivity index (χ0n) is 14.3. The molecule has 0 atom stereocenters. The number of primary amides is 1. The maximum Gasteiger partial charge on any atom is 0.329 e. The average molecular weight is 373 g/mol. The third kappa shape index (κ3) is 3.72. The molecule has 2 aromatic heterocycles. The first kappa shape index (κ1) is 18.0. The molecule has 0 bridgehead atoms. The van der Waals surface area contributed by atoms with Crippen LogP contribution in [0.4, 0.5) is 0 Å². The summed E-state index contributed by atoms with van der Waals surface area (Å²) in [6.07, 6.45) is 1.62. The lowest BCUT2D eigenvalue weighted by atomic mass is 10.1. The lowest BCUT2D eigenvalue weighted by Gasteiger charge is -2.08. The standard InChI is InChI=1S/C17H19N5O3S/c1-21-14-13(15(24)20-16(21)25)22(17(19-14)26-10-12(18)23)9-5-8-11-6-3-2-4-7-11/h2-4,6-7H,5,8-10H2,1H3,(H2,18,23)(H,20,24,25). The first-order chi connectivity index (χ1) is 12.5. The number of fused-ring (bicyclic) bond motifs is 1. The number of imidazole rings is 1. The minimum atomic E-state index is -0.525. The molecule has 0 saturated carbocycles. The van der Waals surface area contributed by atoms with Crippen molar-refractivity contribution in [3.8, 4) is 0 Å². The fraction of sp³-hybridized carbons (Fsp3) is 0.294. The number of benzene rings is 1. The van der Waals surface area contributed by atoms with Gasteiger partial charge in [0.15, 0.2) is 16.3 Å². The minimum Gasteiger partial charge on any atom is -0.369 e. The van der Waals surface area contributed by atoms with Crippen LogP contribution in [-0.4, -0.2) is 30.8 Å². The van der Waals surface area contributed by atoms with Crippen molar-refractivity contribution < 1.29 is 4.79 Å². The lowest BCUT2D eigenvalue weighted by molar-refractivity contribution is -0.115. The van der Waals surface area contributed by atoms with Crippen LogP contribution in [0.5, 0.6) is 0 Å². The number of thioether (sulfide) groups is 1. The number of aromatic amines is 1. The summed E-state index contributed by atoms with van der Waals surface area (Å²) < 4.78 is 3.04. The number of amides is 1. The molecule has 9 heteroatoms. The van der Waals surface area contributed by atoms with Gasteiger partial charge in [0, 0.05) is 13.6 Å². The van der Waals surface area contributed by atoms with Crippen LogP contribution in [0.3, 0.4) is 0 Å². The molecule has 8 nitrogen and oxygen atoms in total. The van der Waals surface area contributed by atoms with Crippen LogP contribution in [0, 0.1) is 0 Å². The van der Waals surface area contributed by atoms with Crippen LogP contribution in [0.15, 0.2) is 45.1 Å². The number of rotatable bonds is 7. The van der Waals surface area contributed by atoms with Gasteiger partial charge in [-0.15, -0.1) is 0 Å². The molecule has 2 heterocycles. The summed E-state index contributed by atoms with van der Waals surface area (Å²) in [6.45, 7) is 0.535. The number of nitrogens with zero attached hydrogens (tertiary/aromatic N) is 3. The van der Waals surface area contributed by atoms with Gasteiger partial charge in [0.25, 0.3) is 5.56 Å². The highest BCUT2D eigenvalue weighted by Crippen LogP contribution is 2.22. The van der Waals surface area contributed by atoms with Crippen molar-refractivity contribution in [1.82, 2.24) is 19.1 Å². The predicted octanol–water partition coefficient (Wildman–Crippen LogP) is 0.633. The molecule has 1 aromatic carbocycles. The molecule has 0 radical (unpaired) electrons. The molecule has 1 amide bonds. The number of H-pyrrole nitrogens is 1. The highest BCUT2D eigenvalue weighted by molar-refractivity contribution is 7.99.